The molecule has 0 aliphatic carbocycles. The summed E-state index contributed by atoms with van der Waals surface area (Å²) in [6.45, 7) is 8.59. The molecule has 0 aliphatic heterocycles. The van der Waals surface area contributed by atoms with E-state index in [-0.39, 0.29) is 5.41 Å². The van der Waals surface area contributed by atoms with E-state index in [1.807, 2.05) is 0 Å². The third-order valence-corrected chi connectivity index (χ3v) is 5.94. The zero-order valence-corrected chi connectivity index (χ0v) is 17.7. The smallest absolute Gasteiger partial charge is 0.0590 e. The van der Waals surface area contributed by atoms with Crippen molar-refractivity contribution < 1.29 is 0 Å². The molecule has 144 valence electrons. The highest BCUT2D eigenvalue weighted by Gasteiger charge is 2.38. The predicted molar refractivity (Wildman–Crippen MR) is 124 cm³/mol. The van der Waals surface area contributed by atoms with E-state index in [0.717, 1.165) is 0 Å². The van der Waals surface area contributed by atoms with Crippen molar-refractivity contribution in [1.29, 1.82) is 0 Å². The Kier molecular flexibility index (Phi) is 5.11. The fourth-order valence-corrected chi connectivity index (χ4v) is 4.21. The molecule has 0 aromatic heterocycles. The first-order chi connectivity index (χ1) is 14.0. The van der Waals surface area contributed by atoms with E-state index in [2.05, 4.69) is 125 Å². The van der Waals surface area contributed by atoms with Crippen LogP contribution in [0, 0.1) is 27.7 Å². The maximum atomic E-state index is 2.29. The van der Waals surface area contributed by atoms with Crippen molar-refractivity contribution >= 4 is 0 Å². The van der Waals surface area contributed by atoms with Gasteiger partial charge in [0.15, 0.2) is 0 Å². The normalized spacial score (nSPS) is 11.4. The summed E-state index contributed by atoms with van der Waals surface area (Å²) in [7, 11) is 0. The summed E-state index contributed by atoms with van der Waals surface area (Å²) < 4.78 is 0. The minimum Gasteiger partial charge on any atom is -0.0590 e. The third-order valence-electron chi connectivity index (χ3n) is 5.94. The highest BCUT2D eigenvalue weighted by molar-refractivity contribution is 5.60. The van der Waals surface area contributed by atoms with Crippen molar-refractivity contribution in [2.24, 2.45) is 0 Å². The lowest BCUT2D eigenvalue weighted by Crippen LogP contribution is -2.31. The zero-order valence-electron chi connectivity index (χ0n) is 17.7. The van der Waals surface area contributed by atoms with Crippen molar-refractivity contribution in [1.82, 2.24) is 0 Å². The molecule has 4 aromatic carbocycles. The first-order valence-electron chi connectivity index (χ1n) is 10.3. The lowest BCUT2D eigenvalue weighted by Gasteiger charge is -2.37. The number of hydrogen-bond donors (Lipinski definition) is 0. The summed E-state index contributed by atoms with van der Waals surface area (Å²) >= 11 is 0. The van der Waals surface area contributed by atoms with Gasteiger partial charge in [-0.15, -0.1) is 0 Å². The molecule has 0 N–H and O–H groups in total. The van der Waals surface area contributed by atoms with Gasteiger partial charge in [-0.3, -0.25) is 0 Å². The third kappa shape index (κ3) is 3.51. The molecule has 0 saturated heterocycles. The molecule has 0 amide bonds. The maximum Gasteiger partial charge on any atom is 0.0701 e. The van der Waals surface area contributed by atoms with Gasteiger partial charge in [0, 0.05) is 0 Å². The second-order valence-corrected chi connectivity index (χ2v) is 8.21. The van der Waals surface area contributed by atoms with Crippen LogP contribution in [0.5, 0.6) is 0 Å². The number of benzene rings is 4. The number of aryl methyl sites for hydroxylation is 4. The average molecular weight is 377 g/mol. The largest absolute Gasteiger partial charge is 0.0701 e. The van der Waals surface area contributed by atoms with Crippen LogP contribution < -0.4 is 0 Å². The van der Waals surface area contributed by atoms with E-state index < -0.39 is 0 Å². The quantitative estimate of drug-likeness (QED) is 0.328. The molecule has 4 rings (SSSR count). The van der Waals surface area contributed by atoms with E-state index in [1.54, 1.807) is 0 Å². The fraction of sp³-hybridized carbons (Fsp3) is 0.172. The van der Waals surface area contributed by atoms with Gasteiger partial charge < -0.3 is 0 Å². The molecular weight excluding hydrogens is 348 g/mol. The van der Waals surface area contributed by atoms with Gasteiger partial charge in [0.25, 0.3) is 0 Å². The Balaban J connectivity index is 2.11. The molecule has 0 fully saturated rings. The van der Waals surface area contributed by atoms with Crippen molar-refractivity contribution in [2.75, 3.05) is 0 Å². The maximum absolute atomic E-state index is 2.29. The first-order valence-corrected chi connectivity index (χ1v) is 10.3. The summed E-state index contributed by atoms with van der Waals surface area (Å²) in [4.78, 5) is 0. The van der Waals surface area contributed by atoms with Crippen LogP contribution in [0.15, 0.2) is 97.1 Å². The summed E-state index contributed by atoms with van der Waals surface area (Å²) in [5.41, 5.74) is 9.92. The second kappa shape index (κ2) is 7.72. The Hall–Kier alpha value is -3.12. The summed E-state index contributed by atoms with van der Waals surface area (Å²) in [6, 6.07) is 36.1. The highest BCUT2D eigenvalue weighted by atomic mass is 14.4. The Labute approximate surface area is 174 Å². The van der Waals surface area contributed by atoms with Gasteiger partial charge in [-0.05, 0) is 49.9 Å². The first kappa shape index (κ1) is 19.2. The van der Waals surface area contributed by atoms with Crippen LogP contribution in [-0.2, 0) is 5.41 Å². The lowest BCUT2D eigenvalue weighted by molar-refractivity contribution is 0.743. The number of hydrogen-bond acceptors (Lipinski definition) is 0. The molecule has 0 heterocycles. The Morgan fingerprint density at radius 2 is 0.483 bits per heavy atom. The molecular formula is C29H28. The molecule has 0 heteroatoms. The van der Waals surface area contributed by atoms with Crippen LogP contribution in [-0.4, -0.2) is 0 Å². The van der Waals surface area contributed by atoms with Crippen molar-refractivity contribution in [3.05, 3.63) is 142 Å². The van der Waals surface area contributed by atoms with Gasteiger partial charge in [0.05, 0.1) is 5.41 Å². The minimum absolute atomic E-state index is 0.358. The van der Waals surface area contributed by atoms with Crippen molar-refractivity contribution in [2.45, 2.75) is 33.1 Å². The zero-order chi connectivity index (χ0) is 20.4. The van der Waals surface area contributed by atoms with E-state index in [4.69, 9.17) is 0 Å². The molecule has 0 unspecified atom stereocenters. The molecule has 4 aromatic rings. The van der Waals surface area contributed by atoms with Crippen LogP contribution in [0.2, 0.25) is 0 Å². The summed E-state index contributed by atoms with van der Waals surface area (Å²) in [5.74, 6) is 0. The Morgan fingerprint density at radius 3 is 0.655 bits per heavy atom. The average Bonchev–Trinajstić information content (AvgIpc) is 2.73. The second-order valence-electron chi connectivity index (χ2n) is 8.21. The highest BCUT2D eigenvalue weighted by Crippen LogP contribution is 2.45. The predicted octanol–water partition coefficient (Wildman–Crippen LogP) is 7.30. The van der Waals surface area contributed by atoms with E-state index >= 15 is 0 Å². The monoisotopic (exact) mass is 376 g/mol. The molecule has 29 heavy (non-hydrogen) atoms. The van der Waals surface area contributed by atoms with Gasteiger partial charge >= 0.3 is 0 Å². The molecule has 0 spiro atoms. The molecule has 0 nitrogen and oxygen atoms in total. The van der Waals surface area contributed by atoms with Crippen LogP contribution in [0.25, 0.3) is 0 Å². The minimum atomic E-state index is -0.358. The van der Waals surface area contributed by atoms with Gasteiger partial charge in [-0.1, -0.05) is 119 Å². The Bertz CT molecular complexity index is 893. The standard InChI is InChI=1S/C29H28/c1-21-5-13-25(14-6-21)29(26-15-7-22(2)8-16-26,27-17-9-23(3)10-18-27)28-19-11-24(4)12-20-28/h5-20H,1-4H3. The number of rotatable bonds is 4. The SMILES string of the molecule is Cc1ccc(C(c2ccc(C)cc2)(c2ccc(C)cc2)c2ccc(C)cc2)cc1. The van der Waals surface area contributed by atoms with Crippen LogP contribution >= 0.6 is 0 Å². The van der Waals surface area contributed by atoms with Gasteiger partial charge in [0.2, 0.25) is 0 Å². The topological polar surface area (TPSA) is 0 Å². The van der Waals surface area contributed by atoms with E-state index in [9.17, 15) is 0 Å². The summed E-state index contributed by atoms with van der Waals surface area (Å²) in [5, 5.41) is 0. The van der Waals surface area contributed by atoms with Crippen LogP contribution in [0.3, 0.4) is 0 Å². The summed E-state index contributed by atoms with van der Waals surface area (Å²) in [6.07, 6.45) is 0. The van der Waals surface area contributed by atoms with E-state index in [0.29, 0.717) is 0 Å². The van der Waals surface area contributed by atoms with E-state index in [1.165, 1.54) is 44.5 Å². The van der Waals surface area contributed by atoms with Crippen LogP contribution in [0.4, 0.5) is 0 Å². The van der Waals surface area contributed by atoms with Crippen molar-refractivity contribution in [3.63, 3.8) is 0 Å². The van der Waals surface area contributed by atoms with Gasteiger partial charge in [0.1, 0.15) is 0 Å². The van der Waals surface area contributed by atoms with Crippen molar-refractivity contribution in [3.8, 4) is 0 Å². The molecule has 0 radical (unpaired) electrons. The fourth-order valence-electron chi connectivity index (χ4n) is 4.21. The van der Waals surface area contributed by atoms with Crippen LogP contribution in [0.1, 0.15) is 44.5 Å². The molecule has 0 atom stereocenters. The van der Waals surface area contributed by atoms with Gasteiger partial charge in [-0.2, -0.15) is 0 Å². The lowest BCUT2D eigenvalue weighted by atomic mass is 9.65. The Morgan fingerprint density at radius 1 is 0.310 bits per heavy atom. The molecule has 0 bridgehead atoms. The molecule has 0 aliphatic rings. The van der Waals surface area contributed by atoms with Gasteiger partial charge in [-0.25, -0.2) is 0 Å². The molecule has 0 saturated carbocycles.